The minimum atomic E-state index is 0.436. The summed E-state index contributed by atoms with van der Waals surface area (Å²) in [5, 5.41) is 6.66. The second-order valence-corrected chi connectivity index (χ2v) is 5.46. The van der Waals surface area contributed by atoms with Gasteiger partial charge in [0, 0.05) is 24.3 Å². The van der Waals surface area contributed by atoms with Crippen LogP contribution in [0.3, 0.4) is 0 Å². The maximum Gasteiger partial charge on any atom is 0.224 e. The first-order valence-corrected chi connectivity index (χ1v) is 7.90. The number of hydrogen-bond donors (Lipinski definition) is 2. The van der Waals surface area contributed by atoms with Crippen LogP contribution in [0.5, 0.6) is 0 Å². The number of anilines is 2. The molecule has 1 atom stereocenters. The molecule has 0 aromatic carbocycles. The number of thioether (sulfide) groups is 1. The van der Waals surface area contributed by atoms with Crippen molar-refractivity contribution in [3.05, 3.63) is 11.8 Å². The second-order valence-electron chi connectivity index (χ2n) is 4.47. The van der Waals surface area contributed by atoms with Crippen molar-refractivity contribution in [1.82, 2.24) is 9.97 Å². The summed E-state index contributed by atoms with van der Waals surface area (Å²) >= 11 is 1.87. The molecule has 1 aromatic heterocycles. The van der Waals surface area contributed by atoms with Gasteiger partial charge >= 0.3 is 0 Å². The molecule has 18 heavy (non-hydrogen) atoms. The van der Waals surface area contributed by atoms with Gasteiger partial charge in [-0.15, -0.1) is 0 Å². The minimum absolute atomic E-state index is 0.436. The molecule has 0 saturated heterocycles. The normalized spacial score (nSPS) is 12.2. The molecule has 0 aliphatic heterocycles. The smallest absolute Gasteiger partial charge is 0.224 e. The van der Waals surface area contributed by atoms with E-state index in [9.17, 15) is 0 Å². The van der Waals surface area contributed by atoms with Crippen LogP contribution in [0, 0.1) is 6.92 Å². The Morgan fingerprint density at radius 3 is 2.83 bits per heavy atom. The van der Waals surface area contributed by atoms with Crippen molar-refractivity contribution in [2.75, 3.05) is 29.2 Å². The zero-order valence-electron chi connectivity index (χ0n) is 11.8. The quantitative estimate of drug-likeness (QED) is 0.758. The highest BCUT2D eigenvalue weighted by atomic mass is 32.2. The van der Waals surface area contributed by atoms with Gasteiger partial charge in [0.2, 0.25) is 5.95 Å². The number of hydrogen-bond acceptors (Lipinski definition) is 5. The Bertz CT molecular complexity index is 357. The molecule has 0 aliphatic carbocycles. The molecule has 1 aromatic rings. The lowest BCUT2D eigenvalue weighted by atomic mass is 10.2. The van der Waals surface area contributed by atoms with E-state index in [0.717, 1.165) is 36.8 Å². The van der Waals surface area contributed by atoms with Crippen LogP contribution in [0.2, 0.25) is 0 Å². The van der Waals surface area contributed by atoms with Crippen LogP contribution in [-0.4, -0.2) is 34.6 Å². The molecule has 0 radical (unpaired) electrons. The van der Waals surface area contributed by atoms with Crippen molar-refractivity contribution in [3.63, 3.8) is 0 Å². The molecule has 4 nitrogen and oxygen atoms in total. The Morgan fingerprint density at radius 2 is 2.17 bits per heavy atom. The maximum atomic E-state index is 4.48. The summed E-state index contributed by atoms with van der Waals surface area (Å²) in [5.41, 5.74) is 0.989. The summed E-state index contributed by atoms with van der Waals surface area (Å²) < 4.78 is 0. The van der Waals surface area contributed by atoms with Crippen LogP contribution in [0.25, 0.3) is 0 Å². The molecular weight excluding hydrogens is 244 g/mol. The lowest BCUT2D eigenvalue weighted by Crippen LogP contribution is -2.18. The highest BCUT2D eigenvalue weighted by molar-refractivity contribution is 7.98. The monoisotopic (exact) mass is 268 g/mol. The van der Waals surface area contributed by atoms with E-state index in [-0.39, 0.29) is 0 Å². The van der Waals surface area contributed by atoms with E-state index in [2.05, 4.69) is 40.7 Å². The van der Waals surface area contributed by atoms with E-state index < -0.39 is 0 Å². The number of rotatable bonds is 8. The first-order chi connectivity index (χ1) is 8.65. The van der Waals surface area contributed by atoms with Crippen molar-refractivity contribution in [3.8, 4) is 0 Å². The molecule has 1 heterocycles. The van der Waals surface area contributed by atoms with Crippen molar-refractivity contribution in [1.29, 1.82) is 0 Å². The zero-order chi connectivity index (χ0) is 13.4. The molecule has 0 amide bonds. The molecule has 102 valence electrons. The third-order valence-electron chi connectivity index (χ3n) is 2.54. The van der Waals surface area contributed by atoms with Crippen molar-refractivity contribution in [2.24, 2.45) is 0 Å². The molecule has 5 heteroatoms. The molecule has 0 spiro atoms. The van der Waals surface area contributed by atoms with Gasteiger partial charge in [-0.2, -0.15) is 16.7 Å². The lowest BCUT2D eigenvalue weighted by Gasteiger charge is -2.15. The van der Waals surface area contributed by atoms with Gasteiger partial charge in [-0.3, -0.25) is 0 Å². The van der Waals surface area contributed by atoms with Crippen molar-refractivity contribution >= 4 is 23.5 Å². The van der Waals surface area contributed by atoms with E-state index in [1.165, 1.54) is 5.75 Å². The fourth-order valence-corrected chi connectivity index (χ4v) is 2.17. The van der Waals surface area contributed by atoms with Crippen LogP contribution >= 0.6 is 11.8 Å². The van der Waals surface area contributed by atoms with Crippen molar-refractivity contribution in [2.45, 2.75) is 39.7 Å². The van der Waals surface area contributed by atoms with Gasteiger partial charge < -0.3 is 10.6 Å². The third-order valence-corrected chi connectivity index (χ3v) is 3.18. The Balaban J connectivity index is 2.61. The van der Waals surface area contributed by atoms with Gasteiger partial charge in [-0.1, -0.05) is 6.92 Å². The fraction of sp³-hybridized carbons (Fsp3) is 0.692. The summed E-state index contributed by atoms with van der Waals surface area (Å²) in [7, 11) is 0. The Labute approximate surface area is 114 Å². The molecular formula is C13H24N4S. The second kappa shape index (κ2) is 8.19. The zero-order valence-corrected chi connectivity index (χ0v) is 12.6. The van der Waals surface area contributed by atoms with Crippen LogP contribution in [0.15, 0.2) is 6.07 Å². The van der Waals surface area contributed by atoms with Crippen LogP contribution in [0.1, 0.15) is 32.4 Å². The van der Waals surface area contributed by atoms with Crippen LogP contribution in [-0.2, 0) is 0 Å². The van der Waals surface area contributed by atoms with Gasteiger partial charge in [0.1, 0.15) is 5.82 Å². The predicted octanol–water partition coefficient (Wildman–Crippen LogP) is 3.16. The van der Waals surface area contributed by atoms with Gasteiger partial charge in [-0.05, 0) is 38.7 Å². The predicted molar refractivity (Wildman–Crippen MR) is 81.6 cm³/mol. The Morgan fingerprint density at radius 1 is 1.39 bits per heavy atom. The average molecular weight is 268 g/mol. The standard InChI is InChI=1S/C13H24N4S/c1-5-7-14-13-16-11(3)9-12(17-13)15-10(2)6-8-18-4/h9-10H,5-8H2,1-4H3,(H2,14,15,16,17). The SMILES string of the molecule is CCCNc1nc(C)cc(NC(C)CCSC)n1. The Hall–Kier alpha value is -0.970. The topological polar surface area (TPSA) is 49.8 Å². The van der Waals surface area contributed by atoms with Crippen LogP contribution in [0.4, 0.5) is 11.8 Å². The van der Waals surface area contributed by atoms with Gasteiger partial charge in [-0.25, -0.2) is 4.98 Å². The summed E-state index contributed by atoms with van der Waals surface area (Å²) in [4.78, 5) is 8.85. The average Bonchev–Trinajstić information content (AvgIpc) is 2.33. The third kappa shape index (κ3) is 5.58. The number of aryl methyl sites for hydroxylation is 1. The van der Waals surface area contributed by atoms with E-state index in [1.54, 1.807) is 0 Å². The van der Waals surface area contributed by atoms with E-state index in [0.29, 0.717) is 6.04 Å². The van der Waals surface area contributed by atoms with E-state index >= 15 is 0 Å². The first-order valence-electron chi connectivity index (χ1n) is 6.50. The van der Waals surface area contributed by atoms with Gasteiger partial charge in [0.05, 0.1) is 0 Å². The number of nitrogens with one attached hydrogen (secondary N) is 2. The van der Waals surface area contributed by atoms with E-state index in [4.69, 9.17) is 0 Å². The molecule has 0 aliphatic rings. The maximum absolute atomic E-state index is 4.48. The summed E-state index contributed by atoms with van der Waals surface area (Å²) in [6, 6.07) is 2.43. The minimum Gasteiger partial charge on any atom is -0.367 e. The molecule has 1 rings (SSSR count). The molecule has 0 bridgehead atoms. The molecule has 1 unspecified atom stereocenters. The molecule has 2 N–H and O–H groups in total. The number of aromatic nitrogens is 2. The highest BCUT2D eigenvalue weighted by Crippen LogP contribution is 2.12. The molecule has 0 saturated carbocycles. The Kier molecular flexibility index (Phi) is 6.86. The summed E-state index contributed by atoms with van der Waals surface area (Å²) in [6.07, 6.45) is 4.35. The first kappa shape index (κ1) is 15.1. The lowest BCUT2D eigenvalue weighted by molar-refractivity contribution is 0.765. The fourth-order valence-electron chi connectivity index (χ4n) is 1.58. The molecule has 0 fully saturated rings. The van der Waals surface area contributed by atoms with Gasteiger partial charge in [0.25, 0.3) is 0 Å². The summed E-state index contributed by atoms with van der Waals surface area (Å²) in [5.74, 6) is 2.80. The van der Waals surface area contributed by atoms with E-state index in [1.807, 2.05) is 24.8 Å². The van der Waals surface area contributed by atoms with Crippen LogP contribution < -0.4 is 10.6 Å². The summed E-state index contributed by atoms with van der Waals surface area (Å²) in [6.45, 7) is 7.22. The van der Waals surface area contributed by atoms with Gasteiger partial charge in [0.15, 0.2) is 0 Å². The largest absolute Gasteiger partial charge is 0.367 e. The van der Waals surface area contributed by atoms with Crippen molar-refractivity contribution < 1.29 is 0 Å². The number of nitrogens with zero attached hydrogens (tertiary/aromatic N) is 2. The highest BCUT2D eigenvalue weighted by Gasteiger charge is 2.05.